The van der Waals surface area contributed by atoms with E-state index >= 15 is 0 Å². The van der Waals surface area contributed by atoms with E-state index < -0.39 is 0 Å². The number of carbonyl (C=O) groups is 1. The highest BCUT2D eigenvalue weighted by molar-refractivity contribution is 7.99. The number of nitrogens with zero attached hydrogens (tertiary/aromatic N) is 2. The third-order valence-electron chi connectivity index (χ3n) is 3.74. The molecule has 1 aliphatic heterocycles. The molecule has 1 aromatic rings. The molecule has 1 fully saturated rings. The topological polar surface area (TPSA) is 56.1 Å². The van der Waals surface area contributed by atoms with Crippen molar-refractivity contribution in [3.63, 3.8) is 0 Å². The van der Waals surface area contributed by atoms with E-state index in [0.29, 0.717) is 18.3 Å². The molecule has 5 heteroatoms. The summed E-state index contributed by atoms with van der Waals surface area (Å²) in [5.41, 5.74) is 0.799. The van der Waals surface area contributed by atoms with Gasteiger partial charge in [0.2, 0.25) is 5.91 Å². The molecule has 1 saturated heterocycles. The molecule has 2 rings (SSSR count). The van der Waals surface area contributed by atoms with Crippen LogP contribution in [0.3, 0.4) is 0 Å². The zero-order valence-corrected chi connectivity index (χ0v) is 13.2. The van der Waals surface area contributed by atoms with E-state index in [1.807, 2.05) is 24.3 Å². The molecule has 1 N–H and O–H groups in total. The van der Waals surface area contributed by atoms with Crippen LogP contribution in [0.5, 0.6) is 0 Å². The summed E-state index contributed by atoms with van der Waals surface area (Å²) in [6, 6.07) is 10.2. The molecular formula is C16H21N3OS. The van der Waals surface area contributed by atoms with Gasteiger partial charge in [-0.25, -0.2) is 0 Å². The van der Waals surface area contributed by atoms with Gasteiger partial charge < -0.3 is 5.32 Å². The maximum absolute atomic E-state index is 12.2. The van der Waals surface area contributed by atoms with E-state index in [4.69, 9.17) is 5.26 Å². The third kappa shape index (κ3) is 4.76. The molecule has 0 aromatic heterocycles. The fourth-order valence-corrected chi connectivity index (χ4v) is 3.24. The van der Waals surface area contributed by atoms with Gasteiger partial charge in [0.05, 0.1) is 24.1 Å². The van der Waals surface area contributed by atoms with Crippen molar-refractivity contribution in [3.8, 4) is 6.07 Å². The van der Waals surface area contributed by atoms with Crippen LogP contribution in [0.4, 0.5) is 5.69 Å². The predicted octanol–water partition coefficient (Wildman–Crippen LogP) is 3.12. The molecule has 0 bridgehead atoms. The smallest absolute Gasteiger partial charge is 0.238 e. The number of piperidine rings is 1. The second-order valence-electron chi connectivity index (χ2n) is 5.31. The van der Waals surface area contributed by atoms with Crippen LogP contribution in [0, 0.1) is 11.3 Å². The van der Waals surface area contributed by atoms with Crippen molar-refractivity contribution in [3.05, 3.63) is 24.3 Å². The van der Waals surface area contributed by atoms with Gasteiger partial charge in [0.1, 0.15) is 0 Å². The first-order valence-corrected chi connectivity index (χ1v) is 8.32. The first-order chi connectivity index (χ1) is 10.2. The number of carbonyl (C=O) groups excluding carboxylic acids is 1. The summed E-state index contributed by atoms with van der Waals surface area (Å²) < 4.78 is 0. The van der Waals surface area contributed by atoms with Gasteiger partial charge >= 0.3 is 0 Å². The van der Waals surface area contributed by atoms with Crippen molar-refractivity contribution < 1.29 is 4.79 Å². The SMILES string of the molecule is C[C@@H]1CCCCN1CC(=O)Nc1ccccc1SCC#N. The van der Waals surface area contributed by atoms with E-state index in [2.05, 4.69) is 23.2 Å². The van der Waals surface area contributed by atoms with E-state index in [1.54, 1.807) is 0 Å². The number of likely N-dealkylation sites (tertiary alicyclic amines) is 1. The summed E-state index contributed by atoms with van der Waals surface area (Å²) in [7, 11) is 0. The maximum atomic E-state index is 12.2. The van der Waals surface area contributed by atoms with Crippen molar-refractivity contribution >= 4 is 23.4 Å². The van der Waals surface area contributed by atoms with E-state index in [-0.39, 0.29) is 5.91 Å². The number of thioether (sulfide) groups is 1. The standard InChI is InChI=1S/C16H21N3OS/c1-13-6-4-5-10-19(13)12-16(20)18-14-7-2-3-8-15(14)21-11-9-17/h2-3,7-8,13H,4-6,10-12H2,1H3,(H,18,20)/t13-/m1/s1. The zero-order chi connectivity index (χ0) is 15.1. The van der Waals surface area contributed by atoms with Crippen molar-refractivity contribution in [2.75, 3.05) is 24.2 Å². The highest BCUT2D eigenvalue weighted by Crippen LogP contribution is 2.26. The minimum Gasteiger partial charge on any atom is -0.324 e. The Morgan fingerprint density at radius 3 is 3.05 bits per heavy atom. The van der Waals surface area contributed by atoms with Crippen molar-refractivity contribution in [1.82, 2.24) is 4.90 Å². The number of benzene rings is 1. The van der Waals surface area contributed by atoms with Crippen molar-refractivity contribution in [1.29, 1.82) is 5.26 Å². The molecule has 0 aliphatic carbocycles. The minimum atomic E-state index is 0.0220. The van der Waals surface area contributed by atoms with E-state index in [1.165, 1.54) is 31.0 Å². The Labute approximate surface area is 130 Å². The monoisotopic (exact) mass is 303 g/mol. The predicted molar refractivity (Wildman–Crippen MR) is 86.3 cm³/mol. The summed E-state index contributed by atoms with van der Waals surface area (Å²) in [6.07, 6.45) is 3.60. The molecule has 1 atom stereocenters. The van der Waals surface area contributed by atoms with Crippen LogP contribution in [0.1, 0.15) is 26.2 Å². The normalized spacial score (nSPS) is 19.0. The fourth-order valence-electron chi connectivity index (χ4n) is 2.57. The summed E-state index contributed by atoms with van der Waals surface area (Å²) in [5.74, 6) is 0.407. The van der Waals surface area contributed by atoms with Crippen molar-refractivity contribution in [2.45, 2.75) is 37.1 Å². The van der Waals surface area contributed by atoms with E-state index in [9.17, 15) is 4.79 Å². The summed E-state index contributed by atoms with van der Waals surface area (Å²) in [6.45, 7) is 3.63. The van der Waals surface area contributed by atoms with Gasteiger partial charge in [0, 0.05) is 10.9 Å². The van der Waals surface area contributed by atoms with Crippen LogP contribution in [-0.2, 0) is 4.79 Å². The number of para-hydroxylation sites is 1. The molecule has 4 nitrogen and oxygen atoms in total. The average Bonchev–Trinajstić information content (AvgIpc) is 2.49. The van der Waals surface area contributed by atoms with Gasteiger partial charge in [-0.15, -0.1) is 11.8 Å². The summed E-state index contributed by atoms with van der Waals surface area (Å²) >= 11 is 1.45. The fraction of sp³-hybridized carbons (Fsp3) is 0.500. The zero-order valence-electron chi connectivity index (χ0n) is 12.3. The quantitative estimate of drug-likeness (QED) is 0.849. The maximum Gasteiger partial charge on any atom is 0.238 e. The van der Waals surface area contributed by atoms with Gasteiger partial charge in [0.15, 0.2) is 0 Å². The minimum absolute atomic E-state index is 0.0220. The number of hydrogen-bond donors (Lipinski definition) is 1. The second-order valence-corrected chi connectivity index (χ2v) is 6.32. The molecular weight excluding hydrogens is 282 g/mol. The molecule has 0 unspecified atom stereocenters. The summed E-state index contributed by atoms with van der Waals surface area (Å²) in [4.78, 5) is 15.4. The Bertz CT molecular complexity index is 526. The van der Waals surface area contributed by atoms with Gasteiger partial charge in [-0.05, 0) is 38.4 Å². The lowest BCUT2D eigenvalue weighted by Gasteiger charge is -2.32. The molecule has 1 heterocycles. The molecule has 21 heavy (non-hydrogen) atoms. The molecule has 1 aromatic carbocycles. The molecule has 0 radical (unpaired) electrons. The number of hydrogen-bond acceptors (Lipinski definition) is 4. The lowest BCUT2D eigenvalue weighted by Crippen LogP contribution is -2.42. The van der Waals surface area contributed by atoms with Gasteiger partial charge in [-0.2, -0.15) is 5.26 Å². The van der Waals surface area contributed by atoms with Crippen LogP contribution in [0.2, 0.25) is 0 Å². The Morgan fingerprint density at radius 1 is 1.48 bits per heavy atom. The van der Waals surface area contributed by atoms with Crippen LogP contribution in [0.15, 0.2) is 29.2 Å². The third-order valence-corrected chi connectivity index (χ3v) is 4.68. The molecule has 1 aliphatic rings. The number of amides is 1. The van der Waals surface area contributed by atoms with Gasteiger partial charge in [-0.3, -0.25) is 9.69 Å². The number of rotatable bonds is 5. The first kappa shape index (κ1) is 15.9. The Balaban J connectivity index is 1.94. The van der Waals surface area contributed by atoms with E-state index in [0.717, 1.165) is 17.1 Å². The Kier molecular flexibility index (Phi) is 6.09. The molecule has 0 spiro atoms. The number of nitrogens with one attached hydrogen (secondary N) is 1. The Morgan fingerprint density at radius 2 is 2.29 bits per heavy atom. The van der Waals surface area contributed by atoms with Gasteiger partial charge in [0.25, 0.3) is 0 Å². The first-order valence-electron chi connectivity index (χ1n) is 7.33. The lowest BCUT2D eigenvalue weighted by atomic mass is 10.0. The van der Waals surface area contributed by atoms with Gasteiger partial charge in [-0.1, -0.05) is 18.6 Å². The highest BCUT2D eigenvalue weighted by Gasteiger charge is 2.20. The highest BCUT2D eigenvalue weighted by atomic mass is 32.2. The summed E-state index contributed by atoms with van der Waals surface area (Å²) in [5, 5.41) is 11.7. The molecule has 0 saturated carbocycles. The second kappa shape index (κ2) is 8.06. The lowest BCUT2D eigenvalue weighted by molar-refractivity contribution is -0.118. The van der Waals surface area contributed by atoms with Crippen LogP contribution < -0.4 is 5.32 Å². The Hall–Kier alpha value is -1.51. The van der Waals surface area contributed by atoms with Crippen LogP contribution in [-0.4, -0.2) is 35.7 Å². The molecule has 112 valence electrons. The average molecular weight is 303 g/mol. The molecule has 1 amide bonds. The largest absolute Gasteiger partial charge is 0.324 e. The number of nitriles is 1. The van der Waals surface area contributed by atoms with Crippen molar-refractivity contribution in [2.24, 2.45) is 0 Å². The van der Waals surface area contributed by atoms with Crippen LogP contribution >= 0.6 is 11.8 Å². The van der Waals surface area contributed by atoms with Crippen LogP contribution in [0.25, 0.3) is 0 Å². The number of anilines is 1.